The third-order valence-corrected chi connectivity index (χ3v) is 4.41. The van der Waals surface area contributed by atoms with Crippen molar-refractivity contribution in [2.45, 2.75) is 25.8 Å². The molecule has 0 radical (unpaired) electrons. The fourth-order valence-corrected chi connectivity index (χ4v) is 2.84. The molecular weight excluding hydrogens is 303 g/mol. The van der Waals surface area contributed by atoms with Crippen LogP contribution < -0.4 is 4.16 Å². The van der Waals surface area contributed by atoms with Gasteiger partial charge in [0.25, 0.3) is 0 Å². The molecule has 0 N–H and O–H groups in total. The summed E-state index contributed by atoms with van der Waals surface area (Å²) in [5, 5.41) is 0. The van der Waals surface area contributed by atoms with Gasteiger partial charge in [0.2, 0.25) is 0 Å². The summed E-state index contributed by atoms with van der Waals surface area (Å²) in [6.07, 6.45) is 4.21. The topological polar surface area (TPSA) is 3.24 Å². The van der Waals surface area contributed by atoms with Crippen molar-refractivity contribution in [1.82, 2.24) is 4.90 Å². The Labute approximate surface area is 113 Å². The van der Waals surface area contributed by atoms with Gasteiger partial charge in [-0.15, -0.1) is 17.0 Å². The number of hydrogen-bond acceptors (Lipinski definition) is 1. The Hall–Kier alpha value is 0.283. The van der Waals surface area contributed by atoms with Gasteiger partial charge in [-0.1, -0.05) is 0 Å². The van der Waals surface area contributed by atoms with Gasteiger partial charge in [0.1, 0.15) is 0 Å². The first kappa shape index (κ1) is 13.3. The Morgan fingerprint density at radius 2 is 1.73 bits per heavy atom. The summed E-state index contributed by atoms with van der Waals surface area (Å²) >= 11 is 1.28. The third kappa shape index (κ3) is 3.98. The van der Waals surface area contributed by atoms with Crippen LogP contribution in [0.1, 0.15) is 24.8 Å². The summed E-state index contributed by atoms with van der Waals surface area (Å²) in [6, 6.07) is 8.86. The van der Waals surface area contributed by atoms with Gasteiger partial charge in [-0.25, -0.2) is 0 Å². The van der Waals surface area contributed by atoms with Crippen LogP contribution in [0.4, 0.5) is 0 Å². The Bertz CT molecular complexity index is 297. The molecule has 1 aliphatic rings. The van der Waals surface area contributed by atoms with Crippen LogP contribution in [-0.2, 0) is 24.8 Å². The minimum absolute atomic E-state index is 0. The fraction of sp³-hybridized carbons (Fsp3) is 0.500. The standard InChI is InChI=1S/C12H16N.BrH.Zn/c1-3-7-12(8-4-1)11-13-9-5-2-6-10-13;;/h1,3-4,7H,2,5-6,9-11H2;1H;. The number of likely N-dealkylation sites (tertiary alicyclic amines) is 1. The molecule has 1 aromatic carbocycles. The summed E-state index contributed by atoms with van der Waals surface area (Å²) in [5.74, 6) is 0. The minimum atomic E-state index is 0. The molecule has 1 heterocycles. The normalized spacial score (nSPS) is 17.2. The van der Waals surface area contributed by atoms with Gasteiger partial charge in [0.15, 0.2) is 0 Å². The van der Waals surface area contributed by atoms with Crippen LogP contribution in [0.25, 0.3) is 0 Å². The van der Waals surface area contributed by atoms with Gasteiger partial charge >= 0.3 is 96.1 Å². The zero-order valence-corrected chi connectivity index (χ0v) is 13.8. The molecule has 0 bridgehead atoms. The summed E-state index contributed by atoms with van der Waals surface area (Å²) in [6.45, 7) is 3.78. The molecular formula is C12H17BrNZn. The molecule has 0 aromatic heterocycles. The van der Waals surface area contributed by atoms with E-state index in [0.717, 1.165) is 0 Å². The third-order valence-electron chi connectivity index (χ3n) is 2.96. The number of nitrogens with zero attached hydrogens (tertiary/aromatic N) is 1. The predicted octanol–water partition coefficient (Wildman–Crippen LogP) is 2.42. The van der Waals surface area contributed by atoms with E-state index in [4.69, 9.17) is 0 Å². The summed E-state index contributed by atoms with van der Waals surface area (Å²) in [4.78, 5) is 2.60. The molecule has 1 saturated heterocycles. The average molecular weight is 321 g/mol. The number of halogens is 1. The van der Waals surface area contributed by atoms with E-state index in [9.17, 15) is 0 Å². The maximum atomic E-state index is 2.60. The van der Waals surface area contributed by atoms with E-state index < -0.39 is 0 Å². The summed E-state index contributed by atoms with van der Waals surface area (Å²) in [7, 11) is 0. The van der Waals surface area contributed by atoms with Crippen molar-refractivity contribution in [2.24, 2.45) is 0 Å². The molecule has 0 spiro atoms. The SMILES string of the molecule is Br.[Zn][c]1ccccc1CN1CCCCC1. The van der Waals surface area contributed by atoms with Gasteiger partial charge in [0, 0.05) is 0 Å². The van der Waals surface area contributed by atoms with E-state index >= 15 is 0 Å². The van der Waals surface area contributed by atoms with E-state index in [1.807, 2.05) is 0 Å². The van der Waals surface area contributed by atoms with Crippen LogP contribution in [0, 0.1) is 0 Å². The molecule has 0 aliphatic carbocycles. The Morgan fingerprint density at radius 1 is 1.07 bits per heavy atom. The van der Waals surface area contributed by atoms with Gasteiger partial charge in [-0.05, 0) is 0 Å². The first-order valence-electron chi connectivity index (χ1n) is 5.48. The van der Waals surface area contributed by atoms with Gasteiger partial charge in [-0.3, -0.25) is 0 Å². The van der Waals surface area contributed by atoms with Crippen molar-refractivity contribution in [3.05, 3.63) is 29.8 Å². The van der Waals surface area contributed by atoms with Gasteiger partial charge in [0.05, 0.1) is 0 Å². The molecule has 0 atom stereocenters. The molecule has 1 nitrogen and oxygen atoms in total. The molecule has 3 heteroatoms. The molecule has 1 aliphatic heterocycles. The number of rotatable bonds is 2. The second-order valence-electron chi connectivity index (χ2n) is 4.11. The van der Waals surface area contributed by atoms with Crippen LogP contribution in [0.3, 0.4) is 0 Å². The molecule has 1 aromatic rings. The molecule has 2 rings (SSSR count). The Morgan fingerprint density at radius 3 is 2.40 bits per heavy atom. The summed E-state index contributed by atoms with van der Waals surface area (Å²) in [5.41, 5.74) is 1.55. The number of piperidine rings is 1. The quantitative estimate of drug-likeness (QED) is 0.757. The van der Waals surface area contributed by atoms with Crippen LogP contribution in [0.2, 0.25) is 0 Å². The Balaban J connectivity index is 0.00000112. The molecule has 0 unspecified atom stereocenters. The predicted molar refractivity (Wildman–Crippen MR) is 65.5 cm³/mol. The first-order chi connectivity index (χ1) is 6.86. The van der Waals surface area contributed by atoms with Crippen molar-refractivity contribution in [3.63, 3.8) is 0 Å². The van der Waals surface area contributed by atoms with Crippen LogP contribution in [0.15, 0.2) is 24.3 Å². The molecule has 1 fully saturated rings. The molecule has 0 saturated carbocycles. The van der Waals surface area contributed by atoms with E-state index in [1.54, 1.807) is 9.72 Å². The second-order valence-corrected chi connectivity index (χ2v) is 5.70. The first-order valence-corrected chi connectivity index (χ1v) is 6.97. The van der Waals surface area contributed by atoms with Crippen molar-refractivity contribution in [2.75, 3.05) is 13.1 Å². The van der Waals surface area contributed by atoms with E-state index in [0.29, 0.717) is 0 Å². The van der Waals surface area contributed by atoms with Crippen molar-refractivity contribution >= 4 is 21.1 Å². The molecule has 15 heavy (non-hydrogen) atoms. The van der Waals surface area contributed by atoms with Gasteiger partial charge in [-0.2, -0.15) is 0 Å². The van der Waals surface area contributed by atoms with E-state index in [2.05, 4.69) is 29.2 Å². The number of benzene rings is 1. The van der Waals surface area contributed by atoms with Crippen molar-refractivity contribution in [3.8, 4) is 0 Å². The second kappa shape index (κ2) is 6.78. The van der Waals surface area contributed by atoms with Crippen LogP contribution >= 0.6 is 17.0 Å². The Kier molecular flexibility index (Phi) is 6.03. The summed E-state index contributed by atoms with van der Waals surface area (Å²) < 4.78 is 1.55. The van der Waals surface area contributed by atoms with Crippen LogP contribution in [0.5, 0.6) is 0 Å². The number of hydrogen-bond donors (Lipinski definition) is 0. The maximum absolute atomic E-state index is 2.60. The van der Waals surface area contributed by atoms with Gasteiger partial charge < -0.3 is 0 Å². The van der Waals surface area contributed by atoms with Crippen LogP contribution in [-0.4, -0.2) is 18.0 Å². The fourth-order valence-electron chi connectivity index (χ4n) is 2.07. The monoisotopic (exact) mass is 318 g/mol. The van der Waals surface area contributed by atoms with E-state index in [1.165, 1.54) is 57.2 Å². The average Bonchev–Trinajstić information content (AvgIpc) is 2.23. The molecule has 0 amide bonds. The zero-order valence-electron chi connectivity index (χ0n) is 9.11. The van der Waals surface area contributed by atoms with Crippen molar-refractivity contribution < 1.29 is 18.3 Å². The molecule has 79 valence electrons. The van der Waals surface area contributed by atoms with E-state index in [-0.39, 0.29) is 17.0 Å². The zero-order chi connectivity index (χ0) is 9.80. The van der Waals surface area contributed by atoms with Crippen molar-refractivity contribution in [1.29, 1.82) is 0 Å².